The van der Waals surface area contributed by atoms with Crippen molar-refractivity contribution in [3.8, 4) is 0 Å². The Balaban J connectivity index is 2.22. The standard InChI is InChI=1S/C9H18N8O2S3/c1-13-22(18,19)17-8(12)14-2-3-20-4-6-5-21-9(15-6)16-7(10)11/h5,13H,2-4H2,1H3,(H3,12,14,17)(H4,10,11,15,16). The molecule has 22 heavy (non-hydrogen) atoms. The molecular formula is C9H18N8O2S3. The highest BCUT2D eigenvalue weighted by molar-refractivity contribution is 7.98. The fourth-order valence-corrected chi connectivity index (χ4v) is 3.17. The van der Waals surface area contributed by atoms with Crippen LogP contribution in [-0.2, 0) is 16.0 Å². The second kappa shape index (κ2) is 8.77. The summed E-state index contributed by atoms with van der Waals surface area (Å²) in [6.45, 7) is 0.445. The summed E-state index contributed by atoms with van der Waals surface area (Å²) >= 11 is 2.94. The van der Waals surface area contributed by atoms with Crippen LogP contribution in [-0.4, -0.2) is 44.7 Å². The van der Waals surface area contributed by atoms with E-state index < -0.39 is 10.2 Å². The number of rotatable bonds is 8. The first-order valence-corrected chi connectivity index (χ1v) is 9.49. The zero-order valence-corrected chi connectivity index (χ0v) is 14.2. The molecule has 8 N–H and O–H groups in total. The molecule has 0 saturated heterocycles. The van der Waals surface area contributed by atoms with Crippen molar-refractivity contribution in [1.82, 2.24) is 19.7 Å². The second-order valence-electron chi connectivity index (χ2n) is 3.82. The lowest BCUT2D eigenvalue weighted by atomic mass is 10.6. The van der Waals surface area contributed by atoms with E-state index in [-0.39, 0.29) is 11.9 Å². The van der Waals surface area contributed by atoms with Crippen LogP contribution >= 0.6 is 23.1 Å². The van der Waals surface area contributed by atoms with Crippen molar-refractivity contribution in [1.29, 1.82) is 5.41 Å². The molecule has 0 aromatic carbocycles. The van der Waals surface area contributed by atoms with Gasteiger partial charge in [-0.1, -0.05) is 0 Å². The third kappa shape index (κ3) is 7.44. The number of aliphatic imine (C=N–C) groups is 1. The molecule has 0 aliphatic carbocycles. The molecule has 0 spiro atoms. The molecule has 0 aliphatic rings. The Kier molecular flexibility index (Phi) is 7.37. The van der Waals surface area contributed by atoms with Crippen molar-refractivity contribution in [2.24, 2.45) is 16.5 Å². The van der Waals surface area contributed by atoms with Gasteiger partial charge in [-0.05, 0) is 0 Å². The van der Waals surface area contributed by atoms with Gasteiger partial charge in [-0.2, -0.15) is 25.2 Å². The minimum Gasteiger partial charge on any atom is -0.370 e. The topological polar surface area (TPSA) is 171 Å². The van der Waals surface area contributed by atoms with E-state index >= 15 is 0 Å². The van der Waals surface area contributed by atoms with Crippen molar-refractivity contribution < 1.29 is 8.42 Å². The molecular weight excluding hydrogens is 348 g/mol. The molecule has 0 amide bonds. The molecule has 0 radical (unpaired) electrons. The van der Waals surface area contributed by atoms with Crippen LogP contribution in [0.4, 0.5) is 5.13 Å². The summed E-state index contributed by atoms with van der Waals surface area (Å²) in [5.41, 5.74) is 11.4. The summed E-state index contributed by atoms with van der Waals surface area (Å²) in [5.74, 6) is 1.05. The fourth-order valence-electron chi connectivity index (χ4n) is 1.17. The molecule has 1 aromatic rings. The molecule has 1 heterocycles. The van der Waals surface area contributed by atoms with E-state index in [0.717, 1.165) is 5.69 Å². The van der Waals surface area contributed by atoms with Crippen LogP contribution in [0.1, 0.15) is 5.69 Å². The van der Waals surface area contributed by atoms with E-state index in [9.17, 15) is 8.42 Å². The maximum absolute atomic E-state index is 11.1. The van der Waals surface area contributed by atoms with Crippen LogP contribution in [0, 0.1) is 5.41 Å². The van der Waals surface area contributed by atoms with Crippen molar-refractivity contribution in [3.63, 3.8) is 0 Å². The molecule has 124 valence electrons. The molecule has 1 aromatic heterocycles. The Labute approximate surface area is 136 Å². The number of nitrogens with one attached hydrogen (secondary N) is 4. The normalized spacial score (nSPS) is 11.0. The highest BCUT2D eigenvalue weighted by Gasteiger charge is 2.07. The van der Waals surface area contributed by atoms with Crippen molar-refractivity contribution >= 4 is 50.4 Å². The van der Waals surface area contributed by atoms with E-state index in [0.29, 0.717) is 23.2 Å². The quantitative estimate of drug-likeness (QED) is 0.192. The summed E-state index contributed by atoms with van der Waals surface area (Å²) < 4.78 is 26.3. The Morgan fingerprint density at radius 1 is 1.55 bits per heavy atom. The summed E-state index contributed by atoms with van der Waals surface area (Å²) in [5, 5.41) is 12.4. The average Bonchev–Trinajstić information content (AvgIpc) is 2.84. The van der Waals surface area contributed by atoms with Gasteiger partial charge in [-0.3, -0.25) is 5.41 Å². The van der Waals surface area contributed by atoms with Gasteiger partial charge < -0.3 is 16.8 Å². The van der Waals surface area contributed by atoms with Gasteiger partial charge >= 0.3 is 10.2 Å². The number of hydrogen-bond donors (Lipinski definition) is 6. The maximum atomic E-state index is 11.1. The molecule has 0 atom stereocenters. The minimum absolute atomic E-state index is 0.0275. The number of thiazole rings is 1. The number of guanidine groups is 2. The fraction of sp³-hybridized carbons (Fsp3) is 0.444. The Hall–Kier alpha value is -1.57. The van der Waals surface area contributed by atoms with Gasteiger partial charge in [0.05, 0.1) is 5.69 Å². The van der Waals surface area contributed by atoms with Gasteiger partial charge in [0, 0.05) is 30.5 Å². The molecule has 13 heteroatoms. The van der Waals surface area contributed by atoms with Crippen molar-refractivity contribution in [2.45, 2.75) is 5.75 Å². The van der Waals surface area contributed by atoms with Crippen molar-refractivity contribution in [3.05, 3.63) is 11.1 Å². The summed E-state index contributed by atoms with van der Waals surface area (Å²) in [7, 11) is -2.39. The lowest BCUT2D eigenvalue weighted by molar-refractivity contribution is 0.583. The SMILES string of the molecule is CNS(=O)(=O)NC(=N)NCCSCc1csc(N=C(N)N)n1. The lowest BCUT2D eigenvalue weighted by Gasteiger charge is -2.09. The number of nitrogens with two attached hydrogens (primary N) is 2. The number of aromatic nitrogens is 1. The Morgan fingerprint density at radius 3 is 2.91 bits per heavy atom. The first-order valence-electron chi connectivity index (χ1n) is 5.98. The van der Waals surface area contributed by atoms with E-state index in [4.69, 9.17) is 16.9 Å². The molecule has 0 saturated carbocycles. The van der Waals surface area contributed by atoms with Crippen LogP contribution in [0.3, 0.4) is 0 Å². The largest absolute Gasteiger partial charge is 0.370 e. The molecule has 1 rings (SSSR count). The van der Waals surface area contributed by atoms with Crippen LogP contribution in [0.5, 0.6) is 0 Å². The second-order valence-corrected chi connectivity index (χ2v) is 7.38. The van der Waals surface area contributed by atoms with E-state index in [1.54, 1.807) is 11.8 Å². The summed E-state index contributed by atoms with van der Waals surface area (Å²) in [6.07, 6.45) is 0. The number of nitrogens with zero attached hydrogens (tertiary/aromatic N) is 2. The first kappa shape index (κ1) is 18.5. The smallest absolute Gasteiger partial charge is 0.301 e. The minimum atomic E-state index is -3.65. The Bertz CT molecular complexity index is 623. The van der Waals surface area contributed by atoms with Gasteiger partial charge in [0.25, 0.3) is 0 Å². The van der Waals surface area contributed by atoms with E-state index in [2.05, 4.69) is 20.0 Å². The zero-order chi connectivity index (χ0) is 16.6. The van der Waals surface area contributed by atoms with E-state index in [1.165, 1.54) is 18.4 Å². The summed E-state index contributed by atoms with van der Waals surface area (Å²) in [6, 6.07) is 0. The molecule has 10 nitrogen and oxygen atoms in total. The monoisotopic (exact) mass is 366 g/mol. The number of hydrogen-bond acceptors (Lipinski definition) is 7. The summed E-state index contributed by atoms with van der Waals surface area (Å²) in [4.78, 5) is 8.08. The molecule has 0 unspecified atom stereocenters. The molecule has 0 bridgehead atoms. The van der Waals surface area contributed by atoms with Crippen LogP contribution in [0.2, 0.25) is 0 Å². The third-order valence-electron chi connectivity index (χ3n) is 2.07. The van der Waals surface area contributed by atoms with Gasteiger partial charge in [0.1, 0.15) is 0 Å². The average molecular weight is 366 g/mol. The highest BCUT2D eigenvalue weighted by atomic mass is 32.2. The van der Waals surface area contributed by atoms with Crippen molar-refractivity contribution in [2.75, 3.05) is 19.3 Å². The zero-order valence-electron chi connectivity index (χ0n) is 11.8. The van der Waals surface area contributed by atoms with Crippen LogP contribution < -0.4 is 26.2 Å². The third-order valence-corrected chi connectivity index (χ3v) is 4.85. The maximum Gasteiger partial charge on any atom is 0.301 e. The predicted octanol–water partition coefficient (Wildman–Crippen LogP) is -1.14. The van der Waals surface area contributed by atoms with Crippen LogP contribution in [0.25, 0.3) is 0 Å². The van der Waals surface area contributed by atoms with Gasteiger partial charge in [0.15, 0.2) is 5.96 Å². The highest BCUT2D eigenvalue weighted by Crippen LogP contribution is 2.21. The molecule has 0 fully saturated rings. The first-order chi connectivity index (χ1) is 10.3. The number of thioether (sulfide) groups is 1. The van der Waals surface area contributed by atoms with Crippen LogP contribution in [0.15, 0.2) is 10.4 Å². The lowest BCUT2D eigenvalue weighted by Crippen LogP contribution is -2.45. The van der Waals surface area contributed by atoms with E-state index in [1.807, 2.05) is 10.1 Å². The van der Waals surface area contributed by atoms with Gasteiger partial charge in [-0.15, -0.1) is 11.3 Å². The van der Waals surface area contributed by atoms with Gasteiger partial charge in [0.2, 0.25) is 11.1 Å². The predicted molar refractivity (Wildman–Crippen MR) is 90.6 cm³/mol. The Morgan fingerprint density at radius 2 is 2.27 bits per heavy atom. The molecule has 0 aliphatic heterocycles. The van der Waals surface area contributed by atoms with Gasteiger partial charge in [-0.25, -0.2) is 14.4 Å².